The molecule has 0 aromatic carbocycles. The monoisotopic (exact) mass is 168 g/mol. The standard InChI is InChI=1S/C10H20N2/c11-7-8-12-9-3-1-4-10(12)6-2-5-9/h9-10H,1-8,11H2. The van der Waals surface area contributed by atoms with E-state index in [4.69, 9.17) is 5.73 Å². The molecule has 2 rings (SSSR count). The van der Waals surface area contributed by atoms with E-state index in [0.29, 0.717) is 0 Å². The van der Waals surface area contributed by atoms with Gasteiger partial charge in [0.1, 0.15) is 0 Å². The van der Waals surface area contributed by atoms with Crippen molar-refractivity contribution < 1.29 is 0 Å². The average Bonchev–Trinajstić information content (AvgIpc) is 2.04. The lowest BCUT2D eigenvalue weighted by Crippen LogP contribution is -2.51. The van der Waals surface area contributed by atoms with Gasteiger partial charge in [0, 0.05) is 25.2 Å². The van der Waals surface area contributed by atoms with Crippen LogP contribution in [0.1, 0.15) is 38.5 Å². The molecule has 0 atom stereocenters. The highest BCUT2D eigenvalue weighted by atomic mass is 15.2. The molecular formula is C10H20N2. The van der Waals surface area contributed by atoms with Crippen LogP contribution in [0.15, 0.2) is 0 Å². The minimum Gasteiger partial charge on any atom is -0.329 e. The first-order chi connectivity index (χ1) is 5.92. The Kier molecular flexibility index (Phi) is 2.66. The van der Waals surface area contributed by atoms with E-state index in [0.717, 1.165) is 25.2 Å². The van der Waals surface area contributed by atoms with Crippen LogP contribution in [0.3, 0.4) is 0 Å². The SMILES string of the molecule is NCCN1C2CCCC1CCC2. The van der Waals surface area contributed by atoms with Gasteiger partial charge in [0.2, 0.25) is 0 Å². The van der Waals surface area contributed by atoms with Crippen LogP contribution in [0.5, 0.6) is 0 Å². The zero-order valence-corrected chi connectivity index (χ0v) is 7.84. The maximum absolute atomic E-state index is 5.62. The Morgan fingerprint density at radius 1 is 1.00 bits per heavy atom. The second kappa shape index (κ2) is 3.75. The van der Waals surface area contributed by atoms with E-state index in [-0.39, 0.29) is 0 Å². The fourth-order valence-corrected chi connectivity index (χ4v) is 2.94. The lowest BCUT2D eigenvalue weighted by molar-refractivity contribution is 0.0436. The summed E-state index contributed by atoms with van der Waals surface area (Å²) in [4.78, 5) is 2.67. The molecule has 70 valence electrons. The molecule has 0 aliphatic carbocycles. The van der Waals surface area contributed by atoms with Gasteiger partial charge in [-0.05, 0) is 25.7 Å². The Balaban J connectivity index is 1.98. The van der Waals surface area contributed by atoms with Crippen molar-refractivity contribution in [1.82, 2.24) is 4.90 Å². The Morgan fingerprint density at radius 3 is 1.92 bits per heavy atom. The molecule has 0 radical (unpaired) electrons. The molecule has 0 saturated carbocycles. The normalized spacial score (nSPS) is 36.8. The van der Waals surface area contributed by atoms with Gasteiger partial charge in [-0.3, -0.25) is 4.90 Å². The summed E-state index contributed by atoms with van der Waals surface area (Å²) in [6.07, 6.45) is 8.62. The minimum atomic E-state index is 0.840. The molecule has 2 nitrogen and oxygen atoms in total. The second-order valence-corrected chi connectivity index (χ2v) is 4.20. The molecule has 12 heavy (non-hydrogen) atoms. The van der Waals surface area contributed by atoms with Crippen LogP contribution in [0.4, 0.5) is 0 Å². The molecular weight excluding hydrogens is 148 g/mol. The highest BCUT2D eigenvalue weighted by Crippen LogP contribution is 2.33. The van der Waals surface area contributed by atoms with E-state index >= 15 is 0 Å². The summed E-state index contributed by atoms with van der Waals surface area (Å²) < 4.78 is 0. The van der Waals surface area contributed by atoms with Crippen LogP contribution >= 0.6 is 0 Å². The Morgan fingerprint density at radius 2 is 1.50 bits per heavy atom. The molecule has 2 aliphatic rings. The molecule has 2 fully saturated rings. The Hall–Kier alpha value is -0.0800. The first-order valence-electron chi connectivity index (χ1n) is 5.37. The lowest BCUT2D eigenvalue weighted by Gasteiger charge is -2.46. The fraction of sp³-hybridized carbons (Fsp3) is 1.00. The summed E-state index contributed by atoms with van der Waals surface area (Å²) in [6, 6.07) is 1.78. The smallest absolute Gasteiger partial charge is 0.0110 e. The lowest BCUT2D eigenvalue weighted by atomic mass is 9.84. The fourth-order valence-electron chi connectivity index (χ4n) is 2.94. The summed E-state index contributed by atoms with van der Waals surface area (Å²) in [7, 11) is 0. The van der Waals surface area contributed by atoms with Crippen molar-refractivity contribution >= 4 is 0 Å². The molecule has 2 aliphatic heterocycles. The third kappa shape index (κ3) is 1.50. The van der Waals surface area contributed by atoms with Crippen LogP contribution in [-0.2, 0) is 0 Å². The van der Waals surface area contributed by atoms with Crippen molar-refractivity contribution in [2.45, 2.75) is 50.6 Å². The maximum atomic E-state index is 5.62. The van der Waals surface area contributed by atoms with Gasteiger partial charge in [0.05, 0.1) is 0 Å². The van der Waals surface area contributed by atoms with Gasteiger partial charge in [-0.15, -0.1) is 0 Å². The van der Waals surface area contributed by atoms with Crippen LogP contribution in [0, 0.1) is 0 Å². The molecule has 2 heteroatoms. The van der Waals surface area contributed by atoms with Crippen molar-refractivity contribution in [2.75, 3.05) is 13.1 Å². The molecule has 0 amide bonds. The number of hydrogen-bond donors (Lipinski definition) is 1. The molecule has 0 aromatic heterocycles. The second-order valence-electron chi connectivity index (χ2n) is 4.20. The van der Waals surface area contributed by atoms with E-state index in [1.54, 1.807) is 0 Å². The molecule has 2 heterocycles. The zero-order chi connectivity index (χ0) is 8.39. The minimum absolute atomic E-state index is 0.840. The predicted octanol–water partition coefficient (Wildman–Crippen LogP) is 1.35. The van der Waals surface area contributed by atoms with Crippen molar-refractivity contribution in [3.63, 3.8) is 0 Å². The molecule has 2 bridgehead atoms. The summed E-state index contributed by atoms with van der Waals surface area (Å²) in [5.74, 6) is 0. The molecule has 0 spiro atoms. The summed E-state index contributed by atoms with van der Waals surface area (Å²) in [5, 5.41) is 0. The quantitative estimate of drug-likeness (QED) is 0.674. The summed E-state index contributed by atoms with van der Waals surface area (Å²) >= 11 is 0. The first-order valence-corrected chi connectivity index (χ1v) is 5.37. The highest BCUT2D eigenvalue weighted by Gasteiger charge is 2.32. The predicted molar refractivity (Wildman–Crippen MR) is 51.0 cm³/mol. The van der Waals surface area contributed by atoms with E-state index in [1.807, 2.05) is 0 Å². The Bertz CT molecular complexity index is 125. The number of nitrogens with zero attached hydrogens (tertiary/aromatic N) is 1. The van der Waals surface area contributed by atoms with Gasteiger partial charge in [-0.2, -0.15) is 0 Å². The van der Waals surface area contributed by atoms with Crippen molar-refractivity contribution in [2.24, 2.45) is 5.73 Å². The number of fused-ring (bicyclic) bond motifs is 2. The number of piperidine rings is 2. The van der Waals surface area contributed by atoms with E-state index in [1.165, 1.54) is 38.5 Å². The maximum Gasteiger partial charge on any atom is 0.0110 e. The largest absolute Gasteiger partial charge is 0.329 e. The summed E-state index contributed by atoms with van der Waals surface area (Å²) in [5.41, 5.74) is 5.62. The van der Waals surface area contributed by atoms with Gasteiger partial charge >= 0.3 is 0 Å². The molecule has 2 saturated heterocycles. The number of rotatable bonds is 2. The number of nitrogens with two attached hydrogens (primary N) is 1. The molecule has 0 unspecified atom stereocenters. The third-order valence-electron chi connectivity index (χ3n) is 3.47. The van der Waals surface area contributed by atoms with Crippen molar-refractivity contribution in [1.29, 1.82) is 0 Å². The summed E-state index contributed by atoms with van der Waals surface area (Å²) in [6.45, 7) is 1.97. The van der Waals surface area contributed by atoms with Crippen LogP contribution in [-0.4, -0.2) is 30.1 Å². The Labute approximate surface area is 75.1 Å². The molecule has 2 N–H and O–H groups in total. The topological polar surface area (TPSA) is 29.3 Å². The first kappa shape index (κ1) is 8.52. The van der Waals surface area contributed by atoms with Crippen LogP contribution in [0.25, 0.3) is 0 Å². The average molecular weight is 168 g/mol. The zero-order valence-electron chi connectivity index (χ0n) is 7.84. The van der Waals surface area contributed by atoms with Crippen molar-refractivity contribution in [3.8, 4) is 0 Å². The van der Waals surface area contributed by atoms with Crippen LogP contribution < -0.4 is 5.73 Å². The van der Waals surface area contributed by atoms with E-state index in [9.17, 15) is 0 Å². The van der Waals surface area contributed by atoms with Gasteiger partial charge in [-0.1, -0.05) is 12.8 Å². The third-order valence-corrected chi connectivity index (χ3v) is 3.47. The van der Waals surface area contributed by atoms with Gasteiger partial charge in [-0.25, -0.2) is 0 Å². The van der Waals surface area contributed by atoms with Crippen LogP contribution in [0.2, 0.25) is 0 Å². The number of hydrogen-bond acceptors (Lipinski definition) is 2. The van der Waals surface area contributed by atoms with E-state index < -0.39 is 0 Å². The van der Waals surface area contributed by atoms with Gasteiger partial charge < -0.3 is 5.73 Å². The van der Waals surface area contributed by atoms with Crippen molar-refractivity contribution in [3.05, 3.63) is 0 Å². The van der Waals surface area contributed by atoms with Gasteiger partial charge in [0.15, 0.2) is 0 Å². The highest BCUT2D eigenvalue weighted by molar-refractivity contribution is 4.88. The molecule has 0 aromatic rings. The van der Waals surface area contributed by atoms with Gasteiger partial charge in [0.25, 0.3) is 0 Å². The van der Waals surface area contributed by atoms with E-state index in [2.05, 4.69) is 4.90 Å².